The Morgan fingerprint density at radius 1 is 1.24 bits per heavy atom. The number of ether oxygens (including phenoxy) is 1. The van der Waals surface area contributed by atoms with Crippen molar-refractivity contribution in [2.75, 3.05) is 56.6 Å². The van der Waals surface area contributed by atoms with Gasteiger partial charge in [-0.2, -0.15) is 0 Å². The number of benzene rings is 1. The van der Waals surface area contributed by atoms with Gasteiger partial charge in [-0.05, 0) is 56.8 Å². The fourth-order valence-electron chi connectivity index (χ4n) is 3.25. The zero-order valence-electron chi connectivity index (χ0n) is 16.8. The summed E-state index contributed by atoms with van der Waals surface area (Å²) in [5.74, 6) is 0.451. The minimum atomic E-state index is -0.361. The van der Waals surface area contributed by atoms with Crippen molar-refractivity contribution in [3.63, 3.8) is 0 Å². The van der Waals surface area contributed by atoms with Crippen LogP contribution in [0.4, 0.5) is 20.6 Å². The number of hydrogen-bond acceptors (Lipinski definition) is 5. The Hall–Kier alpha value is -2.58. The first-order valence-electron chi connectivity index (χ1n) is 10.00. The molecule has 0 atom stereocenters. The van der Waals surface area contributed by atoms with Crippen LogP contribution in [0.5, 0.6) is 0 Å². The minimum Gasteiger partial charge on any atom is -0.467 e. The predicted octanol–water partition coefficient (Wildman–Crippen LogP) is 3.29. The van der Waals surface area contributed by atoms with Gasteiger partial charge in [0.05, 0.1) is 12.0 Å². The van der Waals surface area contributed by atoms with Crippen LogP contribution in [0.2, 0.25) is 0 Å². The van der Waals surface area contributed by atoms with Gasteiger partial charge in [0, 0.05) is 38.5 Å². The summed E-state index contributed by atoms with van der Waals surface area (Å²) in [6, 6.07) is 8.14. The lowest BCUT2D eigenvalue weighted by atomic mass is 10.2. The van der Waals surface area contributed by atoms with Gasteiger partial charge in [-0.15, -0.1) is 0 Å². The third kappa shape index (κ3) is 6.76. The van der Waals surface area contributed by atoms with E-state index in [1.807, 2.05) is 12.1 Å². The highest BCUT2D eigenvalue weighted by molar-refractivity contribution is 5.89. The Morgan fingerprint density at radius 3 is 2.93 bits per heavy atom. The molecule has 1 aliphatic heterocycles. The van der Waals surface area contributed by atoms with Crippen molar-refractivity contribution >= 4 is 17.4 Å². The minimum absolute atomic E-state index is 0.321. The number of furan rings is 1. The van der Waals surface area contributed by atoms with Crippen LogP contribution in [0, 0.1) is 5.82 Å². The SMILES string of the molecule is CN1CCCN(c2ccc(NC(=O)NCCCOCc3ccco3)cc2F)CC1. The standard InChI is InChI=1S/C21H29FN4O3/c1-25-9-4-10-26(12-11-25)20-7-6-17(15-19(20)22)24-21(27)23-8-3-13-28-16-18-5-2-14-29-18/h2,5-7,14-15H,3-4,8-13,16H2,1H3,(H2,23,24,27). The topological polar surface area (TPSA) is 70.0 Å². The van der Waals surface area contributed by atoms with Gasteiger partial charge in [0.1, 0.15) is 18.2 Å². The second-order valence-electron chi connectivity index (χ2n) is 7.18. The number of urea groups is 1. The Kier molecular flexibility index (Phi) is 7.89. The first kappa shape index (κ1) is 21.1. The molecule has 0 spiro atoms. The van der Waals surface area contributed by atoms with E-state index in [4.69, 9.17) is 9.15 Å². The second kappa shape index (κ2) is 10.8. The number of carbonyl (C=O) groups is 1. The van der Waals surface area contributed by atoms with E-state index in [1.165, 1.54) is 6.07 Å². The average Bonchev–Trinajstić information content (AvgIpc) is 3.12. The van der Waals surface area contributed by atoms with Gasteiger partial charge in [-0.3, -0.25) is 0 Å². The summed E-state index contributed by atoms with van der Waals surface area (Å²) in [5.41, 5.74) is 1.02. The highest BCUT2D eigenvalue weighted by Crippen LogP contribution is 2.24. The fraction of sp³-hybridized carbons (Fsp3) is 0.476. The number of amides is 2. The van der Waals surface area contributed by atoms with Crippen LogP contribution in [0.25, 0.3) is 0 Å². The van der Waals surface area contributed by atoms with E-state index in [0.29, 0.717) is 37.6 Å². The van der Waals surface area contributed by atoms with Crippen molar-refractivity contribution in [1.82, 2.24) is 10.2 Å². The van der Waals surface area contributed by atoms with Gasteiger partial charge in [0.2, 0.25) is 0 Å². The van der Waals surface area contributed by atoms with E-state index in [2.05, 4.69) is 27.5 Å². The number of rotatable bonds is 8. The quantitative estimate of drug-likeness (QED) is 0.661. The van der Waals surface area contributed by atoms with Gasteiger partial charge in [0.15, 0.2) is 0 Å². The highest BCUT2D eigenvalue weighted by atomic mass is 19.1. The predicted molar refractivity (Wildman–Crippen MR) is 111 cm³/mol. The van der Waals surface area contributed by atoms with Crippen LogP contribution in [-0.4, -0.2) is 57.3 Å². The van der Waals surface area contributed by atoms with Gasteiger partial charge in [-0.1, -0.05) is 0 Å². The van der Waals surface area contributed by atoms with E-state index in [0.717, 1.165) is 38.4 Å². The maximum atomic E-state index is 14.6. The molecule has 1 fully saturated rings. The van der Waals surface area contributed by atoms with Crippen LogP contribution >= 0.6 is 0 Å². The van der Waals surface area contributed by atoms with E-state index in [-0.39, 0.29) is 11.8 Å². The van der Waals surface area contributed by atoms with Gasteiger partial charge >= 0.3 is 6.03 Å². The van der Waals surface area contributed by atoms with Crippen molar-refractivity contribution in [3.05, 3.63) is 48.2 Å². The van der Waals surface area contributed by atoms with Crippen LogP contribution in [0.1, 0.15) is 18.6 Å². The zero-order chi connectivity index (χ0) is 20.5. The number of anilines is 2. The summed E-state index contributed by atoms with van der Waals surface area (Å²) in [6.45, 7) is 4.94. The van der Waals surface area contributed by atoms with Crippen molar-refractivity contribution in [3.8, 4) is 0 Å². The molecule has 1 aromatic carbocycles. The number of nitrogens with one attached hydrogen (secondary N) is 2. The maximum absolute atomic E-state index is 14.6. The summed E-state index contributed by atoms with van der Waals surface area (Å²) in [5, 5.41) is 5.42. The molecular weight excluding hydrogens is 375 g/mol. The second-order valence-corrected chi connectivity index (χ2v) is 7.18. The molecule has 8 heteroatoms. The van der Waals surface area contributed by atoms with Crippen LogP contribution in [0.15, 0.2) is 41.0 Å². The average molecular weight is 404 g/mol. The molecule has 2 N–H and O–H groups in total. The largest absolute Gasteiger partial charge is 0.467 e. The Labute approximate surface area is 170 Å². The number of hydrogen-bond donors (Lipinski definition) is 2. The fourth-order valence-corrected chi connectivity index (χ4v) is 3.25. The van der Waals surface area contributed by atoms with E-state index < -0.39 is 0 Å². The highest BCUT2D eigenvalue weighted by Gasteiger charge is 2.16. The molecule has 29 heavy (non-hydrogen) atoms. The van der Waals surface area contributed by atoms with Crippen molar-refractivity contribution in [2.45, 2.75) is 19.4 Å². The molecule has 2 heterocycles. The molecule has 1 aliphatic rings. The summed E-state index contributed by atoms with van der Waals surface area (Å²) >= 11 is 0. The molecule has 0 unspecified atom stereocenters. The maximum Gasteiger partial charge on any atom is 0.319 e. The number of carbonyl (C=O) groups excluding carboxylic acids is 1. The molecule has 3 rings (SSSR count). The van der Waals surface area contributed by atoms with E-state index in [9.17, 15) is 9.18 Å². The van der Waals surface area contributed by atoms with E-state index >= 15 is 0 Å². The molecule has 7 nitrogen and oxygen atoms in total. The first-order chi connectivity index (χ1) is 14.1. The molecular formula is C21H29FN4O3. The smallest absolute Gasteiger partial charge is 0.319 e. The van der Waals surface area contributed by atoms with Crippen molar-refractivity contribution in [1.29, 1.82) is 0 Å². The molecule has 1 aromatic heterocycles. The van der Waals surface area contributed by atoms with Crippen molar-refractivity contribution < 1.29 is 18.3 Å². The molecule has 0 radical (unpaired) electrons. The molecule has 158 valence electrons. The van der Waals surface area contributed by atoms with Gasteiger partial charge < -0.3 is 29.6 Å². The van der Waals surface area contributed by atoms with Crippen molar-refractivity contribution in [2.24, 2.45) is 0 Å². The number of nitrogens with zero attached hydrogens (tertiary/aromatic N) is 2. The summed E-state index contributed by atoms with van der Waals surface area (Å²) in [4.78, 5) is 16.3. The molecule has 2 amide bonds. The summed E-state index contributed by atoms with van der Waals surface area (Å²) in [6.07, 6.45) is 3.28. The number of halogens is 1. The number of likely N-dealkylation sites (N-methyl/N-ethyl adjacent to an activating group) is 1. The summed E-state index contributed by atoms with van der Waals surface area (Å²) < 4.78 is 25.2. The van der Waals surface area contributed by atoms with Gasteiger partial charge in [0.25, 0.3) is 0 Å². The molecule has 1 saturated heterocycles. The Bertz CT molecular complexity index is 769. The third-order valence-corrected chi connectivity index (χ3v) is 4.84. The molecule has 0 aliphatic carbocycles. The lowest BCUT2D eigenvalue weighted by molar-refractivity contribution is 0.104. The third-order valence-electron chi connectivity index (χ3n) is 4.84. The monoisotopic (exact) mass is 404 g/mol. The summed E-state index contributed by atoms with van der Waals surface area (Å²) in [7, 11) is 2.08. The lowest BCUT2D eigenvalue weighted by Gasteiger charge is -2.23. The normalized spacial score (nSPS) is 15.2. The van der Waals surface area contributed by atoms with Gasteiger partial charge in [-0.25, -0.2) is 9.18 Å². The molecule has 2 aromatic rings. The van der Waals surface area contributed by atoms with Crippen LogP contribution in [-0.2, 0) is 11.3 Å². The van der Waals surface area contributed by atoms with Crippen LogP contribution in [0.3, 0.4) is 0 Å². The Balaban J connectivity index is 1.38. The molecule has 0 saturated carbocycles. The lowest BCUT2D eigenvalue weighted by Crippen LogP contribution is -2.30. The first-order valence-corrected chi connectivity index (χ1v) is 10.00. The van der Waals surface area contributed by atoms with Crippen LogP contribution < -0.4 is 15.5 Å². The Morgan fingerprint density at radius 2 is 2.14 bits per heavy atom. The van der Waals surface area contributed by atoms with E-state index in [1.54, 1.807) is 18.4 Å². The zero-order valence-corrected chi connectivity index (χ0v) is 16.8. The molecule has 0 bridgehead atoms.